The Labute approximate surface area is 179 Å². The smallest absolute Gasteiger partial charge is 0.306 e. The molecule has 1 amide bonds. The van der Waals surface area contributed by atoms with Gasteiger partial charge in [-0.1, -0.05) is 18.5 Å². The molecule has 1 saturated heterocycles. The second-order valence-corrected chi connectivity index (χ2v) is 10.2. The Morgan fingerprint density at radius 3 is 2.90 bits per heavy atom. The number of hydrogen-bond donors (Lipinski definition) is 0. The number of thiophene rings is 1. The number of aromatic nitrogens is 2. The lowest BCUT2D eigenvalue weighted by atomic mass is 10.2. The monoisotopic (exact) mass is 455 g/mol. The summed E-state index contributed by atoms with van der Waals surface area (Å²) in [5.41, 5.74) is 0.851. The summed E-state index contributed by atoms with van der Waals surface area (Å²) < 4.78 is 33.8. The van der Waals surface area contributed by atoms with E-state index in [-0.39, 0.29) is 36.3 Å². The van der Waals surface area contributed by atoms with Crippen LogP contribution in [0, 0.1) is 0 Å². The topological polar surface area (TPSA) is 120 Å². The van der Waals surface area contributed by atoms with Crippen molar-refractivity contribution < 1.29 is 27.3 Å². The molecule has 2 aromatic rings. The number of aryl methyl sites for hydroxylation is 1. The molecule has 11 heteroatoms. The first kappa shape index (κ1) is 22.4. The molecule has 3 heterocycles. The highest BCUT2D eigenvalue weighted by Gasteiger charge is 2.34. The second-order valence-electron chi connectivity index (χ2n) is 7.18. The number of unbranched alkanes of at least 4 members (excludes halogenated alkanes) is 1. The molecule has 30 heavy (non-hydrogen) atoms. The van der Waals surface area contributed by atoms with Crippen molar-refractivity contribution in [3.8, 4) is 11.4 Å². The van der Waals surface area contributed by atoms with Crippen molar-refractivity contribution in [2.75, 3.05) is 24.7 Å². The van der Waals surface area contributed by atoms with Crippen molar-refractivity contribution in [2.45, 2.75) is 45.1 Å². The third kappa shape index (κ3) is 6.11. The Bertz CT molecular complexity index is 955. The maximum atomic E-state index is 12.6. The van der Waals surface area contributed by atoms with E-state index in [0.29, 0.717) is 24.7 Å². The minimum atomic E-state index is -3.11. The van der Waals surface area contributed by atoms with E-state index < -0.39 is 22.4 Å². The van der Waals surface area contributed by atoms with E-state index in [9.17, 15) is 18.0 Å². The van der Waals surface area contributed by atoms with Crippen molar-refractivity contribution in [2.24, 2.45) is 0 Å². The summed E-state index contributed by atoms with van der Waals surface area (Å²) >= 11 is 1.52. The molecule has 2 aromatic heterocycles. The summed E-state index contributed by atoms with van der Waals surface area (Å²) in [6, 6.07) is 1.53. The van der Waals surface area contributed by atoms with Gasteiger partial charge in [0.2, 0.25) is 11.7 Å². The lowest BCUT2D eigenvalue weighted by Crippen LogP contribution is -2.43. The van der Waals surface area contributed by atoms with Gasteiger partial charge in [-0.15, -0.1) is 0 Å². The fraction of sp³-hybridized carbons (Fsp3) is 0.579. The predicted molar refractivity (Wildman–Crippen MR) is 111 cm³/mol. The summed E-state index contributed by atoms with van der Waals surface area (Å²) in [5, 5.41) is 7.68. The van der Waals surface area contributed by atoms with E-state index in [0.717, 1.165) is 18.4 Å². The molecule has 0 N–H and O–H groups in total. The maximum absolute atomic E-state index is 12.6. The summed E-state index contributed by atoms with van der Waals surface area (Å²) in [6.07, 6.45) is 2.28. The Kier molecular flexibility index (Phi) is 7.59. The average Bonchev–Trinajstić information content (AvgIpc) is 3.45. The highest BCUT2D eigenvalue weighted by Crippen LogP contribution is 2.20. The molecular weight excluding hydrogens is 430 g/mol. The first-order valence-corrected chi connectivity index (χ1v) is 12.6. The third-order valence-corrected chi connectivity index (χ3v) is 7.30. The molecule has 0 bridgehead atoms. The van der Waals surface area contributed by atoms with Crippen LogP contribution in [-0.2, 0) is 30.6 Å². The highest BCUT2D eigenvalue weighted by molar-refractivity contribution is 7.91. The van der Waals surface area contributed by atoms with Crippen molar-refractivity contribution in [1.29, 1.82) is 0 Å². The summed E-state index contributed by atoms with van der Waals surface area (Å²) in [5.74, 6) is -0.0667. The molecule has 0 spiro atoms. The molecule has 9 nitrogen and oxygen atoms in total. The zero-order valence-corrected chi connectivity index (χ0v) is 18.4. The largest absolute Gasteiger partial charge is 0.456 e. The maximum Gasteiger partial charge on any atom is 0.306 e. The van der Waals surface area contributed by atoms with Crippen molar-refractivity contribution in [3.05, 3.63) is 22.7 Å². The number of amides is 1. The van der Waals surface area contributed by atoms with Gasteiger partial charge >= 0.3 is 5.97 Å². The van der Waals surface area contributed by atoms with Gasteiger partial charge in [0, 0.05) is 30.0 Å². The van der Waals surface area contributed by atoms with Gasteiger partial charge in [-0.05, 0) is 24.3 Å². The molecule has 1 aliphatic heterocycles. The minimum Gasteiger partial charge on any atom is -0.456 e. The van der Waals surface area contributed by atoms with E-state index in [1.165, 1.54) is 11.3 Å². The number of hydrogen-bond acceptors (Lipinski definition) is 9. The molecule has 0 radical (unpaired) electrons. The molecule has 0 saturated carbocycles. The first-order chi connectivity index (χ1) is 14.4. The van der Waals surface area contributed by atoms with Crippen molar-refractivity contribution >= 4 is 33.1 Å². The van der Waals surface area contributed by atoms with Gasteiger partial charge in [0.15, 0.2) is 16.4 Å². The third-order valence-electron chi connectivity index (χ3n) is 4.87. The highest BCUT2D eigenvalue weighted by atomic mass is 32.2. The molecular formula is C19H25N3O6S2. The van der Waals surface area contributed by atoms with Crippen LogP contribution >= 0.6 is 11.3 Å². The summed E-state index contributed by atoms with van der Waals surface area (Å²) in [6.45, 7) is 2.05. The lowest BCUT2D eigenvalue weighted by Gasteiger charge is -2.28. The quantitative estimate of drug-likeness (QED) is 0.500. The van der Waals surface area contributed by atoms with E-state index in [1.807, 2.05) is 23.8 Å². The Balaban J connectivity index is 1.47. The number of nitrogens with zero attached hydrogens (tertiary/aromatic N) is 3. The van der Waals surface area contributed by atoms with E-state index in [4.69, 9.17) is 9.26 Å². The van der Waals surface area contributed by atoms with Crippen LogP contribution < -0.4 is 0 Å². The van der Waals surface area contributed by atoms with Crippen LogP contribution in [0.15, 0.2) is 21.3 Å². The number of sulfone groups is 1. The number of carbonyl (C=O) groups is 2. The summed E-state index contributed by atoms with van der Waals surface area (Å²) in [7, 11) is -3.11. The van der Waals surface area contributed by atoms with Gasteiger partial charge in [0.05, 0.1) is 17.9 Å². The van der Waals surface area contributed by atoms with E-state index in [1.54, 1.807) is 4.90 Å². The standard InChI is InChI=1S/C19H25N3O6S2/c1-2-3-8-22(15-7-10-30(25,26)13-15)17(23)11-27-18(24)5-4-16-20-19(21-28-16)14-6-9-29-12-14/h6,9,12,15H,2-5,7-8,10-11,13H2,1H3. The molecule has 164 valence electrons. The predicted octanol–water partition coefficient (Wildman–Crippen LogP) is 2.09. The van der Waals surface area contributed by atoms with Crippen LogP contribution in [0.25, 0.3) is 11.4 Å². The molecule has 3 rings (SSSR count). The van der Waals surface area contributed by atoms with Gasteiger partial charge in [0.1, 0.15) is 0 Å². The molecule has 1 fully saturated rings. The van der Waals surface area contributed by atoms with Crippen molar-refractivity contribution in [1.82, 2.24) is 15.0 Å². The van der Waals surface area contributed by atoms with Crippen LogP contribution in [-0.4, -0.2) is 66.0 Å². The van der Waals surface area contributed by atoms with Crippen LogP contribution in [0.5, 0.6) is 0 Å². The van der Waals surface area contributed by atoms with Crippen molar-refractivity contribution in [3.63, 3.8) is 0 Å². The minimum absolute atomic E-state index is 0.00528. The van der Waals surface area contributed by atoms with E-state index >= 15 is 0 Å². The van der Waals surface area contributed by atoms with Crippen LogP contribution in [0.4, 0.5) is 0 Å². The second kappa shape index (κ2) is 10.2. The molecule has 1 atom stereocenters. The fourth-order valence-electron chi connectivity index (χ4n) is 3.23. The van der Waals surface area contributed by atoms with Crippen LogP contribution in [0.1, 0.15) is 38.5 Å². The number of ether oxygens (including phenoxy) is 1. The number of esters is 1. The molecule has 0 aliphatic carbocycles. The van der Waals surface area contributed by atoms with Gasteiger partial charge in [-0.2, -0.15) is 16.3 Å². The van der Waals surface area contributed by atoms with Gasteiger partial charge in [0.25, 0.3) is 5.91 Å². The van der Waals surface area contributed by atoms with Crippen LogP contribution in [0.3, 0.4) is 0 Å². The zero-order valence-electron chi connectivity index (χ0n) is 16.8. The number of carbonyl (C=O) groups excluding carboxylic acids is 2. The SMILES string of the molecule is CCCCN(C(=O)COC(=O)CCc1nc(-c2ccsc2)no1)C1CCS(=O)(=O)C1. The number of rotatable bonds is 10. The normalized spacial score (nSPS) is 17.7. The Hall–Kier alpha value is -2.27. The molecule has 1 aliphatic rings. The first-order valence-electron chi connectivity index (χ1n) is 9.88. The van der Waals surface area contributed by atoms with E-state index in [2.05, 4.69) is 10.1 Å². The fourth-order valence-corrected chi connectivity index (χ4v) is 5.60. The zero-order chi connectivity index (χ0) is 21.6. The average molecular weight is 456 g/mol. The van der Waals surface area contributed by atoms with Crippen LogP contribution in [0.2, 0.25) is 0 Å². The lowest BCUT2D eigenvalue weighted by molar-refractivity contribution is -0.152. The summed E-state index contributed by atoms with van der Waals surface area (Å²) in [4.78, 5) is 30.4. The molecule has 1 unspecified atom stereocenters. The van der Waals surface area contributed by atoms with Gasteiger partial charge < -0.3 is 14.2 Å². The Morgan fingerprint density at radius 1 is 1.40 bits per heavy atom. The van der Waals surface area contributed by atoms with Gasteiger partial charge in [-0.3, -0.25) is 9.59 Å². The van der Waals surface area contributed by atoms with Gasteiger partial charge in [-0.25, -0.2) is 8.42 Å². The Morgan fingerprint density at radius 2 is 2.23 bits per heavy atom. The molecule has 0 aromatic carbocycles.